The third-order valence-electron chi connectivity index (χ3n) is 17.5. The van der Waals surface area contributed by atoms with Crippen LogP contribution >= 0.6 is 0 Å². The summed E-state index contributed by atoms with van der Waals surface area (Å²) in [4.78, 5) is 29.5. The van der Waals surface area contributed by atoms with Gasteiger partial charge in [-0.15, -0.1) is 5.92 Å². The van der Waals surface area contributed by atoms with E-state index in [1.807, 2.05) is 12.2 Å². The van der Waals surface area contributed by atoms with Gasteiger partial charge >= 0.3 is 11.9 Å². The minimum Gasteiger partial charge on any atom is -0.481 e. The molecule has 3 saturated carbocycles. The lowest BCUT2D eigenvalue weighted by Crippen LogP contribution is -2.93. The van der Waals surface area contributed by atoms with Crippen molar-refractivity contribution in [1.82, 2.24) is 4.98 Å². The van der Waals surface area contributed by atoms with Gasteiger partial charge < -0.3 is 54.6 Å². The number of aliphatic carboxylic acids is 1. The summed E-state index contributed by atoms with van der Waals surface area (Å²) in [5, 5.41) is 75.4. The summed E-state index contributed by atoms with van der Waals surface area (Å²) in [6.07, 6.45) is 10.9. The van der Waals surface area contributed by atoms with Gasteiger partial charge in [0, 0.05) is 59.1 Å². The van der Waals surface area contributed by atoms with E-state index in [9.17, 15) is 40.2 Å². The number of nitrogens with one attached hydrogen (secondary N) is 1. The van der Waals surface area contributed by atoms with Crippen LogP contribution in [0.15, 0.2) is 29.9 Å². The van der Waals surface area contributed by atoms with E-state index in [1.165, 1.54) is 26.4 Å². The highest BCUT2D eigenvalue weighted by Crippen LogP contribution is 2.72. The maximum Gasteiger partial charge on any atom is 0.333 e. The van der Waals surface area contributed by atoms with Crippen LogP contribution in [-0.2, 0) is 28.5 Å². The first-order chi connectivity index (χ1) is 29.8. The van der Waals surface area contributed by atoms with Crippen molar-refractivity contribution >= 4 is 23.3 Å². The Labute approximate surface area is 362 Å². The standard InChI is InChI=1S/C49H63NO12/c1-27(29-12-4-3-5-13-29)36-23-34-35-17-20-46(58)44(57)48(35)47(26-52)38(16-10-11-28(25-51)21-37(60-48)40(34)50-36)45(18-8-9-19-45)43(56)49(46,62-47)61-41-30-14-6-7-15-31(41)32(24-39(53)54)33(22-30)42(55)59-2/h7,15,22-23,27-32,38,41,43-44,50-52,56-58H,3-6,8-9,11-14,17-21,24-26H2,1-2H3,(H,53,54). The Kier molecular flexibility index (Phi) is 10.5. The Morgan fingerprint density at radius 2 is 1.82 bits per heavy atom. The Morgan fingerprint density at radius 1 is 1.05 bits per heavy atom. The molecule has 13 atom stereocenters. The van der Waals surface area contributed by atoms with E-state index in [0.29, 0.717) is 49.4 Å². The van der Waals surface area contributed by atoms with Gasteiger partial charge in [0.15, 0.2) is 16.8 Å². The molecule has 13 unspecified atom stereocenters. The first-order valence-electron chi connectivity index (χ1n) is 23.3. The van der Waals surface area contributed by atoms with Crippen LogP contribution in [0.3, 0.4) is 0 Å². The van der Waals surface area contributed by atoms with Crippen molar-refractivity contribution < 1.29 is 59.2 Å². The molecule has 1 aromatic heterocycles. The molecule has 5 aliphatic carbocycles. The maximum atomic E-state index is 13.7. The summed E-state index contributed by atoms with van der Waals surface area (Å²) >= 11 is 0. The molecule has 13 heteroatoms. The van der Waals surface area contributed by atoms with Gasteiger partial charge in [0.1, 0.15) is 18.0 Å². The zero-order chi connectivity index (χ0) is 43.4. The molecular weight excluding hydrogens is 795 g/mol. The van der Waals surface area contributed by atoms with Crippen LogP contribution in [0, 0.1) is 52.8 Å². The summed E-state index contributed by atoms with van der Waals surface area (Å²) in [5.41, 5.74) is -5.26. The van der Waals surface area contributed by atoms with Crippen LogP contribution < -0.4 is 10.6 Å². The fourth-order valence-electron chi connectivity index (χ4n) is 14.4. The first kappa shape index (κ1) is 42.5. The van der Waals surface area contributed by atoms with Crippen molar-refractivity contribution in [2.75, 3.05) is 20.3 Å². The van der Waals surface area contributed by atoms with Gasteiger partial charge in [-0.3, -0.25) is 4.79 Å². The van der Waals surface area contributed by atoms with E-state index in [4.69, 9.17) is 18.9 Å². The number of rotatable bonds is 9. The van der Waals surface area contributed by atoms with Gasteiger partial charge in [-0.2, -0.15) is 0 Å². The molecule has 13 nitrogen and oxygen atoms in total. The molecule has 0 aromatic carbocycles. The van der Waals surface area contributed by atoms with Crippen molar-refractivity contribution in [1.29, 1.82) is 0 Å². The van der Waals surface area contributed by atoms with Gasteiger partial charge in [0.2, 0.25) is 5.79 Å². The number of ether oxygens (including phenoxy) is 4. The molecule has 5 fully saturated rings. The number of hydrogen-bond acceptors (Lipinski definition) is 11. The molecule has 5 heterocycles. The van der Waals surface area contributed by atoms with Crippen molar-refractivity contribution in [3.05, 3.63) is 46.1 Å². The van der Waals surface area contributed by atoms with E-state index >= 15 is 0 Å². The number of carbonyl (C=O) groups is 2. The first-order valence-corrected chi connectivity index (χ1v) is 23.3. The lowest BCUT2D eigenvalue weighted by atomic mass is 9.44. The molecule has 2 spiro atoms. The van der Waals surface area contributed by atoms with Crippen LogP contribution in [0.2, 0.25) is 0 Å². The minimum absolute atomic E-state index is 0.0912. The molecule has 0 radical (unpaired) electrons. The number of carboxylic acid groups (broad SMARTS) is 1. The maximum absolute atomic E-state index is 13.7. The van der Waals surface area contributed by atoms with Crippen LogP contribution in [0.4, 0.5) is 0 Å². The smallest absolute Gasteiger partial charge is 0.333 e. The van der Waals surface area contributed by atoms with Crippen LogP contribution in [0.1, 0.15) is 121 Å². The summed E-state index contributed by atoms with van der Waals surface area (Å²) in [6.45, 7) is 1.40. The van der Waals surface area contributed by atoms with Gasteiger partial charge in [-0.05, 0) is 80.8 Å². The Morgan fingerprint density at radius 3 is 2.53 bits per heavy atom. The highest BCUT2D eigenvalue weighted by Gasteiger charge is 2.88. The van der Waals surface area contributed by atoms with Gasteiger partial charge in [0.05, 0.1) is 37.5 Å². The summed E-state index contributed by atoms with van der Waals surface area (Å²) in [7, 11) is 1.26. The number of fused-ring (bicyclic) bond motifs is 8. The zero-order valence-electron chi connectivity index (χ0n) is 35.9. The van der Waals surface area contributed by atoms with Crippen LogP contribution in [0.5, 0.6) is 0 Å². The SMILES string of the molecule is COC(=O)C1=CC2CCC=CC(C1CC(=O)O)C2OC12OC3(CO)C(C#CCC(CO)CC4=c5[nH]c(C(C)C6CCCCC6)cc5=C5CCC1(O)C(O)C53O4)C1(CCCC1)C2O. The average molecular weight is 858 g/mol. The molecule has 62 heavy (non-hydrogen) atoms. The predicted molar refractivity (Wildman–Crippen MR) is 224 cm³/mol. The molecule has 1 aromatic rings. The fraction of sp³-hybridized carbons (Fsp3) is 0.714. The number of aromatic amines is 1. The molecule has 0 amide bonds. The third-order valence-corrected chi connectivity index (χ3v) is 17.5. The molecular formula is C49H63NO12. The topological polar surface area (TPSA) is 208 Å². The second kappa shape index (κ2) is 15.3. The monoisotopic (exact) mass is 857 g/mol. The minimum atomic E-state index is -2.36. The predicted octanol–water partition coefficient (Wildman–Crippen LogP) is 3.20. The van der Waals surface area contributed by atoms with Crippen molar-refractivity contribution in [2.24, 2.45) is 40.9 Å². The van der Waals surface area contributed by atoms with Crippen LogP contribution in [0.25, 0.3) is 11.3 Å². The lowest BCUT2D eigenvalue weighted by molar-refractivity contribution is -0.510. The van der Waals surface area contributed by atoms with Crippen molar-refractivity contribution in [3.8, 4) is 11.8 Å². The number of carboxylic acids is 1. The Hall–Kier alpha value is -3.48. The van der Waals surface area contributed by atoms with Gasteiger partial charge in [-0.25, -0.2) is 4.79 Å². The third kappa shape index (κ3) is 5.66. The second-order valence-corrected chi connectivity index (χ2v) is 20.3. The highest BCUT2D eigenvalue weighted by molar-refractivity contribution is 5.90. The van der Waals surface area contributed by atoms with E-state index in [0.717, 1.165) is 41.9 Å². The highest BCUT2D eigenvalue weighted by atomic mass is 16.8. The number of aromatic nitrogens is 1. The number of aliphatic hydroxyl groups is 5. The number of methoxy groups -OCH3 is 1. The number of aliphatic hydroxyl groups excluding tert-OH is 4. The molecule has 336 valence electrons. The summed E-state index contributed by atoms with van der Waals surface area (Å²) in [5.74, 6) is 0.621. The molecule has 9 aliphatic rings. The molecule has 10 rings (SSSR count). The lowest BCUT2D eigenvalue weighted by Gasteiger charge is -2.75. The quantitative estimate of drug-likeness (QED) is 0.109. The van der Waals surface area contributed by atoms with E-state index in [1.54, 1.807) is 6.08 Å². The fourth-order valence-corrected chi connectivity index (χ4v) is 14.4. The second-order valence-electron chi connectivity index (χ2n) is 20.3. The molecule has 4 aliphatic heterocycles. The van der Waals surface area contributed by atoms with E-state index < -0.39 is 95.0 Å². The van der Waals surface area contributed by atoms with Crippen molar-refractivity contribution in [2.45, 2.75) is 156 Å². The number of allylic oxidation sites excluding steroid dienone is 1. The molecule has 7 N–H and O–H groups in total. The Balaban J connectivity index is 1.21. The number of carbonyl (C=O) groups excluding carboxylic acids is 1. The van der Waals surface area contributed by atoms with E-state index in [-0.39, 0.29) is 43.3 Å². The average Bonchev–Trinajstić information content (AvgIpc) is 3.92. The molecule has 7 bridgehead atoms. The zero-order valence-corrected chi connectivity index (χ0v) is 35.9. The summed E-state index contributed by atoms with van der Waals surface area (Å²) < 4.78 is 27.4. The molecule has 2 saturated heterocycles. The van der Waals surface area contributed by atoms with Gasteiger partial charge in [-0.1, -0.05) is 63.2 Å². The number of H-pyrrole nitrogens is 1. The van der Waals surface area contributed by atoms with Crippen molar-refractivity contribution in [3.63, 3.8) is 0 Å². The number of esters is 1. The normalized spacial score (nSPS) is 41.9. The van der Waals surface area contributed by atoms with Crippen LogP contribution in [-0.4, -0.2) is 109 Å². The Bertz CT molecular complexity index is 2240. The van der Waals surface area contributed by atoms with E-state index in [2.05, 4.69) is 29.8 Å². The largest absolute Gasteiger partial charge is 0.481 e. The summed E-state index contributed by atoms with van der Waals surface area (Å²) in [6, 6.07) is 2.17. The number of hydrogen-bond donors (Lipinski definition) is 7. The van der Waals surface area contributed by atoms with Gasteiger partial charge in [0.25, 0.3) is 0 Å².